The highest BCUT2D eigenvalue weighted by molar-refractivity contribution is 8.01. The van der Waals surface area contributed by atoms with Crippen molar-refractivity contribution in [3.63, 3.8) is 0 Å². The van der Waals surface area contributed by atoms with Gasteiger partial charge in [-0.25, -0.2) is 10.4 Å². The Hall–Kier alpha value is -2.81. The molecule has 152 valence electrons. The van der Waals surface area contributed by atoms with E-state index in [-0.39, 0.29) is 5.91 Å². The molecule has 1 N–H and O–H groups in total. The number of carbonyl (C=O) groups excluding carboxylic acids is 1. The number of hydrogen-bond donors (Lipinski definition) is 1. The van der Waals surface area contributed by atoms with Crippen molar-refractivity contribution >= 4 is 57.0 Å². The third-order valence-electron chi connectivity index (χ3n) is 3.91. The minimum atomic E-state index is -0.329. The Kier molecular flexibility index (Phi) is 6.37. The smallest absolute Gasteiger partial charge is 0.271 e. The molecule has 2 aromatic heterocycles. The van der Waals surface area contributed by atoms with E-state index in [0.717, 1.165) is 20.3 Å². The van der Waals surface area contributed by atoms with Crippen LogP contribution in [0.1, 0.15) is 23.0 Å². The molecule has 9 heteroatoms. The maximum atomic E-state index is 12.0. The minimum absolute atomic E-state index is 0.329. The van der Waals surface area contributed by atoms with E-state index in [1.165, 1.54) is 18.0 Å². The highest BCUT2D eigenvalue weighted by Crippen LogP contribution is 2.36. The number of hydrogen-bond acceptors (Lipinski definition) is 7. The molecule has 0 saturated heterocycles. The van der Waals surface area contributed by atoms with E-state index >= 15 is 0 Å². The molecule has 0 aliphatic heterocycles. The lowest BCUT2D eigenvalue weighted by atomic mass is 10.2. The van der Waals surface area contributed by atoms with Crippen molar-refractivity contribution in [1.82, 2.24) is 10.4 Å². The maximum absolute atomic E-state index is 12.0. The number of aromatic nitrogens is 1. The summed E-state index contributed by atoms with van der Waals surface area (Å²) in [5, 5.41) is 5.19. The Bertz CT molecular complexity index is 1200. The zero-order valence-electron chi connectivity index (χ0n) is 15.8. The monoisotopic (exact) mass is 457 g/mol. The van der Waals surface area contributed by atoms with Gasteiger partial charge in [0.25, 0.3) is 5.91 Å². The Morgan fingerprint density at radius 3 is 2.90 bits per heavy atom. The van der Waals surface area contributed by atoms with Gasteiger partial charge in [-0.2, -0.15) is 5.10 Å². The maximum Gasteiger partial charge on any atom is 0.271 e. The van der Waals surface area contributed by atoms with E-state index in [9.17, 15) is 4.79 Å². The first-order valence-electron chi connectivity index (χ1n) is 9.01. The van der Waals surface area contributed by atoms with E-state index < -0.39 is 0 Å². The summed E-state index contributed by atoms with van der Waals surface area (Å²) in [4.78, 5) is 16.6. The van der Waals surface area contributed by atoms with Crippen LogP contribution in [0.25, 0.3) is 10.2 Å². The number of benzene rings is 2. The summed E-state index contributed by atoms with van der Waals surface area (Å²) in [6.45, 7) is 2.59. The molecule has 1 amide bonds. The van der Waals surface area contributed by atoms with Crippen molar-refractivity contribution in [1.29, 1.82) is 0 Å². The summed E-state index contributed by atoms with van der Waals surface area (Å²) in [5.41, 5.74) is 3.85. The summed E-state index contributed by atoms with van der Waals surface area (Å²) >= 11 is 8.82. The first-order valence-corrected chi connectivity index (χ1v) is 11.0. The largest absolute Gasteiger partial charge is 0.494 e. The van der Waals surface area contributed by atoms with Crippen LogP contribution < -0.4 is 10.2 Å². The zero-order valence-corrected chi connectivity index (χ0v) is 18.2. The number of carbonyl (C=O) groups is 1. The highest BCUT2D eigenvalue weighted by atomic mass is 35.5. The van der Waals surface area contributed by atoms with E-state index in [0.29, 0.717) is 28.0 Å². The number of nitrogens with zero attached hydrogens (tertiary/aromatic N) is 2. The fraction of sp³-hybridized carbons (Fsp3) is 0.0952. The fourth-order valence-electron chi connectivity index (χ4n) is 2.55. The standard InChI is InChI=1S/C21H16ClN3O3S2/c1-2-27-15-7-9-17-18(11-15)29-21(24-17)30-19-10-8-16(28-19)12-23-25-20(26)13-3-5-14(22)6-4-13/h3-12H,2H2,1H3,(H,25,26)/b23-12-. The van der Waals surface area contributed by atoms with Crippen LogP contribution in [0.4, 0.5) is 0 Å². The summed E-state index contributed by atoms with van der Waals surface area (Å²) in [6, 6.07) is 16.0. The quantitative estimate of drug-likeness (QED) is 0.278. The molecule has 0 atom stereocenters. The van der Waals surface area contributed by atoms with Crippen molar-refractivity contribution in [2.75, 3.05) is 6.61 Å². The molecule has 0 aliphatic rings. The number of halogens is 1. The second-order valence-corrected chi connectivity index (χ2v) is 8.73. The fourth-order valence-corrected chi connectivity index (χ4v) is 4.67. The van der Waals surface area contributed by atoms with Crippen LogP contribution in [-0.2, 0) is 0 Å². The summed E-state index contributed by atoms with van der Waals surface area (Å²) < 4.78 is 13.2. The molecule has 0 unspecified atom stereocenters. The molecule has 30 heavy (non-hydrogen) atoms. The molecule has 0 saturated carbocycles. The Balaban J connectivity index is 1.38. The van der Waals surface area contributed by atoms with Crippen molar-refractivity contribution in [2.45, 2.75) is 16.4 Å². The van der Waals surface area contributed by atoms with Crippen LogP contribution in [0.5, 0.6) is 5.75 Å². The van der Waals surface area contributed by atoms with Crippen LogP contribution in [0.2, 0.25) is 5.02 Å². The van der Waals surface area contributed by atoms with Crippen molar-refractivity contribution in [3.05, 3.63) is 70.9 Å². The molecule has 0 bridgehead atoms. The van der Waals surface area contributed by atoms with Gasteiger partial charge in [0.05, 0.1) is 23.0 Å². The third kappa shape index (κ3) is 5.02. The van der Waals surface area contributed by atoms with Gasteiger partial charge in [-0.1, -0.05) is 11.6 Å². The Morgan fingerprint density at radius 1 is 1.27 bits per heavy atom. The Morgan fingerprint density at radius 2 is 2.10 bits per heavy atom. The summed E-state index contributed by atoms with van der Waals surface area (Å²) in [5.74, 6) is 1.03. The topological polar surface area (TPSA) is 76.7 Å². The van der Waals surface area contributed by atoms with Crippen molar-refractivity contribution < 1.29 is 13.9 Å². The minimum Gasteiger partial charge on any atom is -0.494 e. The molecule has 0 aliphatic carbocycles. The SMILES string of the molecule is CCOc1ccc2nc(Sc3ccc(/C=N\NC(=O)c4ccc(Cl)cc4)o3)sc2c1. The van der Waals surface area contributed by atoms with Gasteiger partial charge < -0.3 is 9.15 Å². The van der Waals surface area contributed by atoms with Crippen LogP contribution in [0.15, 0.2) is 73.5 Å². The molecule has 4 rings (SSSR count). The van der Waals surface area contributed by atoms with Gasteiger partial charge in [0.15, 0.2) is 9.43 Å². The molecule has 0 spiro atoms. The first kappa shape index (κ1) is 20.5. The number of amides is 1. The van der Waals surface area contributed by atoms with Gasteiger partial charge in [0.2, 0.25) is 0 Å². The van der Waals surface area contributed by atoms with Gasteiger partial charge in [-0.05, 0) is 73.3 Å². The summed E-state index contributed by atoms with van der Waals surface area (Å²) in [6.07, 6.45) is 1.45. The van der Waals surface area contributed by atoms with Crippen molar-refractivity contribution in [2.24, 2.45) is 5.10 Å². The first-order chi connectivity index (χ1) is 14.6. The van der Waals surface area contributed by atoms with E-state index in [4.69, 9.17) is 20.8 Å². The Labute approximate surface area is 185 Å². The summed E-state index contributed by atoms with van der Waals surface area (Å²) in [7, 11) is 0. The van der Waals surface area contributed by atoms with E-state index in [1.807, 2.05) is 31.2 Å². The molecular formula is C21H16ClN3O3S2. The lowest BCUT2D eigenvalue weighted by molar-refractivity contribution is 0.0955. The number of hydrazone groups is 1. The number of rotatable bonds is 7. The lowest BCUT2D eigenvalue weighted by Gasteiger charge is -2.00. The van der Waals surface area contributed by atoms with E-state index in [2.05, 4.69) is 15.5 Å². The zero-order chi connectivity index (χ0) is 20.9. The normalized spacial score (nSPS) is 11.3. The molecular weight excluding hydrogens is 442 g/mol. The van der Waals surface area contributed by atoms with Crippen LogP contribution in [-0.4, -0.2) is 23.7 Å². The van der Waals surface area contributed by atoms with Gasteiger partial charge in [0.1, 0.15) is 11.5 Å². The van der Waals surface area contributed by atoms with Crippen molar-refractivity contribution in [3.8, 4) is 5.75 Å². The van der Waals surface area contributed by atoms with Crippen LogP contribution in [0.3, 0.4) is 0 Å². The highest BCUT2D eigenvalue weighted by Gasteiger charge is 2.10. The number of fused-ring (bicyclic) bond motifs is 1. The number of thiazole rings is 1. The van der Waals surface area contributed by atoms with Gasteiger partial charge in [0, 0.05) is 10.6 Å². The van der Waals surface area contributed by atoms with Gasteiger partial charge in [-0.15, -0.1) is 11.3 Å². The molecule has 4 aromatic rings. The van der Waals surface area contributed by atoms with E-state index in [1.54, 1.807) is 41.7 Å². The predicted molar refractivity (Wildman–Crippen MR) is 120 cm³/mol. The number of nitrogens with one attached hydrogen (secondary N) is 1. The third-order valence-corrected chi connectivity index (χ3v) is 6.16. The molecule has 6 nitrogen and oxygen atoms in total. The lowest BCUT2D eigenvalue weighted by Crippen LogP contribution is -2.17. The van der Waals surface area contributed by atoms with Crippen LogP contribution in [0, 0.1) is 0 Å². The second kappa shape index (κ2) is 9.34. The number of furan rings is 1. The molecule has 2 heterocycles. The number of ether oxygens (including phenoxy) is 1. The van der Waals surface area contributed by atoms with Crippen LogP contribution >= 0.6 is 34.7 Å². The predicted octanol–water partition coefficient (Wildman–Crippen LogP) is 5.86. The van der Waals surface area contributed by atoms with Gasteiger partial charge in [-0.3, -0.25) is 4.79 Å². The average Bonchev–Trinajstić information content (AvgIpc) is 3.34. The molecule has 0 fully saturated rings. The van der Waals surface area contributed by atoms with Gasteiger partial charge >= 0.3 is 0 Å². The molecule has 2 aromatic carbocycles. The second-order valence-electron chi connectivity index (χ2n) is 6.01. The average molecular weight is 458 g/mol. The molecule has 0 radical (unpaired) electrons.